The van der Waals surface area contributed by atoms with E-state index < -0.39 is 18.0 Å². The third-order valence-electron chi connectivity index (χ3n) is 2.29. The predicted molar refractivity (Wildman–Crippen MR) is 56.7 cm³/mol. The van der Waals surface area contributed by atoms with E-state index in [0.29, 0.717) is 6.29 Å². The third kappa shape index (κ3) is 2.63. The van der Waals surface area contributed by atoms with Crippen LogP contribution in [0.3, 0.4) is 0 Å². The second kappa shape index (κ2) is 5.69. The number of carbonyl (C=O) groups excluding carboxylic acids is 1. The molecule has 4 nitrogen and oxygen atoms in total. The van der Waals surface area contributed by atoms with E-state index in [1.165, 1.54) is 12.1 Å². The molecule has 88 valence electrons. The van der Waals surface area contributed by atoms with E-state index in [9.17, 15) is 19.4 Å². The summed E-state index contributed by atoms with van der Waals surface area (Å²) in [5.74, 6) is -0.702. The van der Waals surface area contributed by atoms with Crippen LogP contribution in [0.25, 0.3) is 0 Å². The van der Waals surface area contributed by atoms with E-state index >= 15 is 0 Å². The minimum Gasteiger partial charge on any atom is -0.389 e. The Kier molecular flexibility index (Phi) is 4.54. The van der Waals surface area contributed by atoms with Gasteiger partial charge in [-0.05, 0) is 13.1 Å². The summed E-state index contributed by atoms with van der Waals surface area (Å²) < 4.78 is 13.4. The lowest BCUT2D eigenvalue weighted by molar-refractivity contribution is 0.0178. The lowest BCUT2D eigenvalue weighted by atomic mass is 9.98. The number of nitrogens with one attached hydrogen (secondary N) is 1. The fourth-order valence-electron chi connectivity index (χ4n) is 1.48. The second-order valence-corrected chi connectivity index (χ2v) is 3.43. The first kappa shape index (κ1) is 12.8. The van der Waals surface area contributed by atoms with Gasteiger partial charge in [0.15, 0.2) is 6.29 Å². The Morgan fingerprint density at radius 2 is 2.19 bits per heavy atom. The van der Waals surface area contributed by atoms with Crippen molar-refractivity contribution < 1.29 is 19.4 Å². The van der Waals surface area contributed by atoms with Crippen LogP contribution in [0, 0.1) is 5.82 Å². The third-order valence-corrected chi connectivity index (χ3v) is 2.29. The standard InChI is InChI=1S/C11H14FNO3/c1-13-5-9(15)11(16)10-7(6-14)3-2-4-8(10)12/h2-4,6,9,11,13,15-16H,5H2,1H3. The Morgan fingerprint density at radius 3 is 2.75 bits per heavy atom. The van der Waals surface area contributed by atoms with Crippen LogP contribution in [-0.4, -0.2) is 36.2 Å². The van der Waals surface area contributed by atoms with Crippen molar-refractivity contribution in [3.8, 4) is 0 Å². The number of likely N-dealkylation sites (N-methyl/N-ethyl adjacent to an activating group) is 1. The topological polar surface area (TPSA) is 69.6 Å². The van der Waals surface area contributed by atoms with Crippen molar-refractivity contribution in [1.82, 2.24) is 5.32 Å². The van der Waals surface area contributed by atoms with Crippen LogP contribution in [0.2, 0.25) is 0 Å². The summed E-state index contributed by atoms with van der Waals surface area (Å²) in [6.45, 7) is 0.105. The first-order valence-corrected chi connectivity index (χ1v) is 4.86. The molecular weight excluding hydrogens is 213 g/mol. The summed E-state index contributed by atoms with van der Waals surface area (Å²) in [5, 5.41) is 21.9. The molecule has 1 aromatic carbocycles. The molecule has 16 heavy (non-hydrogen) atoms. The maximum Gasteiger partial charge on any atom is 0.150 e. The van der Waals surface area contributed by atoms with Gasteiger partial charge in [-0.2, -0.15) is 0 Å². The molecule has 0 aliphatic carbocycles. The molecule has 5 heteroatoms. The number of aldehydes is 1. The minimum absolute atomic E-state index is 0.0441. The highest BCUT2D eigenvalue weighted by molar-refractivity contribution is 5.77. The molecule has 0 fully saturated rings. The van der Waals surface area contributed by atoms with Crippen LogP contribution in [0.5, 0.6) is 0 Å². The smallest absolute Gasteiger partial charge is 0.150 e. The zero-order valence-corrected chi connectivity index (χ0v) is 8.85. The van der Waals surface area contributed by atoms with Crippen molar-refractivity contribution in [3.63, 3.8) is 0 Å². The summed E-state index contributed by atoms with van der Waals surface area (Å²) in [6, 6.07) is 3.90. The molecular formula is C11H14FNO3. The molecule has 0 bridgehead atoms. The number of rotatable bonds is 5. The van der Waals surface area contributed by atoms with Gasteiger partial charge in [0, 0.05) is 17.7 Å². The molecule has 1 rings (SSSR count). The number of halogens is 1. The number of benzene rings is 1. The lowest BCUT2D eigenvalue weighted by Gasteiger charge is -2.19. The van der Waals surface area contributed by atoms with Gasteiger partial charge >= 0.3 is 0 Å². The Balaban J connectivity index is 3.06. The van der Waals surface area contributed by atoms with Gasteiger partial charge < -0.3 is 15.5 Å². The van der Waals surface area contributed by atoms with Crippen LogP contribution in [-0.2, 0) is 0 Å². The summed E-state index contributed by atoms with van der Waals surface area (Å²) in [6.07, 6.45) is -2.14. The Bertz CT molecular complexity index is 370. The van der Waals surface area contributed by atoms with Gasteiger partial charge in [-0.25, -0.2) is 4.39 Å². The SMILES string of the molecule is CNCC(O)C(O)c1c(F)cccc1C=O. The summed E-state index contributed by atoms with van der Waals surface area (Å²) in [5.41, 5.74) is -0.122. The average molecular weight is 227 g/mol. The molecule has 0 radical (unpaired) electrons. The van der Waals surface area contributed by atoms with Crippen molar-refractivity contribution in [2.24, 2.45) is 0 Å². The van der Waals surface area contributed by atoms with Crippen molar-refractivity contribution in [3.05, 3.63) is 35.1 Å². The highest BCUT2D eigenvalue weighted by atomic mass is 19.1. The number of carbonyl (C=O) groups is 1. The zero-order valence-electron chi connectivity index (χ0n) is 8.85. The first-order valence-electron chi connectivity index (χ1n) is 4.86. The molecule has 3 N–H and O–H groups in total. The normalized spacial score (nSPS) is 14.5. The van der Waals surface area contributed by atoms with E-state index in [4.69, 9.17) is 0 Å². The summed E-state index contributed by atoms with van der Waals surface area (Å²) >= 11 is 0. The Labute approximate surface area is 92.7 Å². The largest absolute Gasteiger partial charge is 0.389 e. The van der Waals surface area contributed by atoms with Crippen LogP contribution in [0.4, 0.5) is 4.39 Å². The maximum absolute atomic E-state index is 13.4. The van der Waals surface area contributed by atoms with Crippen LogP contribution in [0.1, 0.15) is 22.0 Å². The number of hydrogen-bond acceptors (Lipinski definition) is 4. The van der Waals surface area contributed by atoms with Crippen molar-refractivity contribution in [2.45, 2.75) is 12.2 Å². The zero-order chi connectivity index (χ0) is 12.1. The van der Waals surface area contributed by atoms with E-state index in [2.05, 4.69) is 5.32 Å². The lowest BCUT2D eigenvalue weighted by Crippen LogP contribution is -2.30. The van der Waals surface area contributed by atoms with Crippen molar-refractivity contribution in [1.29, 1.82) is 0 Å². The van der Waals surface area contributed by atoms with E-state index in [0.717, 1.165) is 6.07 Å². The quantitative estimate of drug-likeness (QED) is 0.631. The number of hydrogen-bond donors (Lipinski definition) is 3. The van der Waals surface area contributed by atoms with Gasteiger partial charge in [0.05, 0.1) is 6.10 Å². The fourth-order valence-corrected chi connectivity index (χ4v) is 1.48. The monoisotopic (exact) mass is 227 g/mol. The molecule has 0 aliphatic rings. The summed E-state index contributed by atoms with van der Waals surface area (Å²) in [7, 11) is 1.60. The Morgan fingerprint density at radius 1 is 1.50 bits per heavy atom. The molecule has 1 aromatic rings. The molecule has 0 amide bonds. The van der Waals surface area contributed by atoms with Crippen LogP contribution in [0.15, 0.2) is 18.2 Å². The molecule has 0 saturated carbocycles. The molecule has 0 aromatic heterocycles. The van der Waals surface area contributed by atoms with E-state index in [1.807, 2.05) is 0 Å². The van der Waals surface area contributed by atoms with Crippen LogP contribution >= 0.6 is 0 Å². The molecule has 0 aliphatic heterocycles. The van der Waals surface area contributed by atoms with Gasteiger partial charge in [-0.3, -0.25) is 4.79 Å². The van der Waals surface area contributed by atoms with Gasteiger partial charge in [0.2, 0.25) is 0 Å². The fraction of sp³-hybridized carbons (Fsp3) is 0.364. The van der Waals surface area contributed by atoms with E-state index in [1.54, 1.807) is 7.05 Å². The number of aliphatic hydroxyl groups is 2. The van der Waals surface area contributed by atoms with Gasteiger partial charge in [0.25, 0.3) is 0 Å². The van der Waals surface area contributed by atoms with Crippen LogP contribution < -0.4 is 5.32 Å². The van der Waals surface area contributed by atoms with Crippen molar-refractivity contribution in [2.75, 3.05) is 13.6 Å². The second-order valence-electron chi connectivity index (χ2n) is 3.43. The molecule has 2 unspecified atom stereocenters. The molecule has 0 spiro atoms. The highest BCUT2D eigenvalue weighted by Gasteiger charge is 2.23. The molecule has 0 saturated heterocycles. The average Bonchev–Trinajstić information content (AvgIpc) is 2.28. The van der Waals surface area contributed by atoms with Gasteiger partial charge in [-0.1, -0.05) is 12.1 Å². The molecule has 0 heterocycles. The van der Waals surface area contributed by atoms with E-state index in [-0.39, 0.29) is 17.7 Å². The van der Waals surface area contributed by atoms with Crippen molar-refractivity contribution >= 4 is 6.29 Å². The molecule has 2 atom stereocenters. The van der Waals surface area contributed by atoms with Gasteiger partial charge in [-0.15, -0.1) is 0 Å². The van der Waals surface area contributed by atoms with Gasteiger partial charge in [0.1, 0.15) is 11.9 Å². The maximum atomic E-state index is 13.4. The summed E-state index contributed by atoms with van der Waals surface area (Å²) in [4.78, 5) is 10.7. The minimum atomic E-state index is -1.42. The highest BCUT2D eigenvalue weighted by Crippen LogP contribution is 2.23. The number of aliphatic hydroxyl groups excluding tert-OH is 2. The predicted octanol–water partition coefficient (Wildman–Crippen LogP) is 0.252. The Hall–Kier alpha value is -1.30. The first-order chi connectivity index (χ1) is 7.61.